The fourth-order valence-electron chi connectivity index (χ4n) is 1.84. The van der Waals surface area contributed by atoms with Crippen molar-refractivity contribution in [1.82, 2.24) is 4.57 Å². The van der Waals surface area contributed by atoms with E-state index in [0.29, 0.717) is 17.9 Å². The summed E-state index contributed by atoms with van der Waals surface area (Å²) < 4.78 is 6.91. The Balaban J connectivity index is 3.07. The van der Waals surface area contributed by atoms with Gasteiger partial charge in [0.2, 0.25) is 0 Å². The van der Waals surface area contributed by atoms with Crippen LogP contribution in [0.1, 0.15) is 37.4 Å². The Hall–Kier alpha value is -0.610. The highest BCUT2D eigenvalue weighted by atomic mass is 79.9. The summed E-state index contributed by atoms with van der Waals surface area (Å²) in [7, 11) is 1.68. The SMILES string of the molecule is COCCCn1c(C(C)C)ccc(CBr)c1=O. The molecule has 0 saturated carbocycles. The molecule has 0 saturated heterocycles. The minimum absolute atomic E-state index is 0.115. The van der Waals surface area contributed by atoms with Crippen LogP contribution in [0.4, 0.5) is 0 Å². The molecule has 0 aromatic carbocycles. The van der Waals surface area contributed by atoms with Gasteiger partial charge in [-0.05, 0) is 18.4 Å². The Morgan fingerprint density at radius 1 is 1.41 bits per heavy atom. The minimum atomic E-state index is 0.115. The quantitative estimate of drug-likeness (QED) is 0.597. The average Bonchev–Trinajstić information content (AvgIpc) is 2.31. The maximum atomic E-state index is 12.2. The molecule has 0 aliphatic heterocycles. The van der Waals surface area contributed by atoms with Crippen molar-refractivity contribution in [2.24, 2.45) is 0 Å². The third-order valence-corrected chi connectivity index (χ3v) is 3.36. The zero-order valence-electron chi connectivity index (χ0n) is 10.7. The summed E-state index contributed by atoms with van der Waals surface area (Å²) in [6.07, 6.45) is 0.863. The van der Waals surface area contributed by atoms with Crippen molar-refractivity contribution < 1.29 is 4.74 Å². The van der Waals surface area contributed by atoms with Gasteiger partial charge >= 0.3 is 0 Å². The Kier molecular flexibility index (Phi) is 5.92. The second kappa shape index (κ2) is 6.97. The second-order valence-electron chi connectivity index (χ2n) is 4.37. The molecule has 1 heterocycles. The number of aromatic nitrogens is 1. The topological polar surface area (TPSA) is 31.2 Å². The summed E-state index contributed by atoms with van der Waals surface area (Å²) in [6.45, 7) is 5.62. The molecule has 0 atom stereocenters. The van der Waals surface area contributed by atoms with Crippen molar-refractivity contribution in [2.45, 2.75) is 38.1 Å². The van der Waals surface area contributed by atoms with Gasteiger partial charge in [-0.2, -0.15) is 0 Å². The van der Waals surface area contributed by atoms with Gasteiger partial charge in [0.1, 0.15) is 0 Å². The van der Waals surface area contributed by atoms with E-state index in [2.05, 4.69) is 35.8 Å². The molecule has 0 aliphatic rings. The van der Waals surface area contributed by atoms with Crippen LogP contribution in [0, 0.1) is 0 Å². The highest BCUT2D eigenvalue weighted by molar-refractivity contribution is 9.08. The fraction of sp³-hybridized carbons (Fsp3) is 0.615. The summed E-state index contributed by atoms with van der Waals surface area (Å²) in [5, 5.41) is 0.606. The van der Waals surface area contributed by atoms with Crippen LogP contribution in [0.15, 0.2) is 16.9 Å². The first-order valence-electron chi connectivity index (χ1n) is 5.89. The largest absolute Gasteiger partial charge is 0.385 e. The van der Waals surface area contributed by atoms with E-state index in [0.717, 1.165) is 24.2 Å². The van der Waals surface area contributed by atoms with Crippen LogP contribution in [0.25, 0.3) is 0 Å². The van der Waals surface area contributed by atoms with E-state index in [-0.39, 0.29) is 5.56 Å². The highest BCUT2D eigenvalue weighted by Gasteiger charge is 2.10. The van der Waals surface area contributed by atoms with Crippen molar-refractivity contribution in [2.75, 3.05) is 13.7 Å². The number of hydrogen-bond donors (Lipinski definition) is 0. The zero-order chi connectivity index (χ0) is 12.8. The van der Waals surface area contributed by atoms with Crippen LogP contribution in [-0.2, 0) is 16.6 Å². The predicted molar refractivity (Wildman–Crippen MR) is 73.9 cm³/mol. The standard InChI is InChI=1S/C13H20BrNO2/c1-10(2)12-6-5-11(9-14)13(16)15(12)7-4-8-17-3/h5-6,10H,4,7-9H2,1-3H3. The molecule has 0 amide bonds. The first kappa shape index (κ1) is 14.5. The Morgan fingerprint density at radius 3 is 2.65 bits per heavy atom. The molecule has 3 nitrogen and oxygen atoms in total. The number of nitrogens with zero attached hydrogens (tertiary/aromatic N) is 1. The summed E-state index contributed by atoms with van der Waals surface area (Å²) in [5.74, 6) is 0.356. The number of hydrogen-bond acceptors (Lipinski definition) is 2. The maximum Gasteiger partial charge on any atom is 0.254 e. The maximum absolute atomic E-state index is 12.2. The number of alkyl halides is 1. The molecule has 17 heavy (non-hydrogen) atoms. The van der Waals surface area contributed by atoms with Gasteiger partial charge in [0.05, 0.1) is 0 Å². The summed E-state index contributed by atoms with van der Waals surface area (Å²) in [6, 6.07) is 3.97. The van der Waals surface area contributed by atoms with Crippen LogP contribution in [-0.4, -0.2) is 18.3 Å². The lowest BCUT2D eigenvalue weighted by atomic mass is 10.1. The van der Waals surface area contributed by atoms with Gasteiger partial charge in [0.25, 0.3) is 5.56 Å². The van der Waals surface area contributed by atoms with Gasteiger partial charge in [0, 0.05) is 36.8 Å². The summed E-state index contributed by atoms with van der Waals surface area (Å²) >= 11 is 3.35. The molecular formula is C13H20BrNO2. The van der Waals surface area contributed by atoms with Gasteiger partial charge < -0.3 is 9.30 Å². The zero-order valence-corrected chi connectivity index (χ0v) is 12.3. The molecule has 0 fully saturated rings. The molecule has 0 aliphatic carbocycles. The molecular weight excluding hydrogens is 282 g/mol. The molecule has 0 N–H and O–H groups in total. The van der Waals surface area contributed by atoms with Crippen molar-refractivity contribution in [3.8, 4) is 0 Å². The number of rotatable bonds is 6. The monoisotopic (exact) mass is 301 g/mol. The van der Waals surface area contributed by atoms with E-state index < -0.39 is 0 Å². The number of methoxy groups -OCH3 is 1. The van der Waals surface area contributed by atoms with Crippen LogP contribution in [0.3, 0.4) is 0 Å². The van der Waals surface area contributed by atoms with Gasteiger partial charge in [-0.1, -0.05) is 35.8 Å². The Morgan fingerprint density at radius 2 is 2.12 bits per heavy atom. The van der Waals surface area contributed by atoms with E-state index in [1.165, 1.54) is 0 Å². The highest BCUT2D eigenvalue weighted by Crippen LogP contribution is 2.14. The molecule has 1 rings (SSSR count). The molecule has 0 radical (unpaired) electrons. The smallest absolute Gasteiger partial charge is 0.254 e. The third kappa shape index (κ3) is 3.68. The fourth-order valence-corrected chi connectivity index (χ4v) is 2.27. The molecule has 0 unspecified atom stereocenters. The molecule has 0 bridgehead atoms. The predicted octanol–water partition coefficient (Wildman–Crippen LogP) is 2.90. The lowest BCUT2D eigenvalue weighted by Crippen LogP contribution is -2.27. The van der Waals surface area contributed by atoms with E-state index in [4.69, 9.17) is 4.74 Å². The third-order valence-electron chi connectivity index (χ3n) is 2.75. The van der Waals surface area contributed by atoms with Crippen molar-refractivity contribution >= 4 is 15.9 Å². The first-order valence-corrected chi connectivity index (χ1v) is 7.01. The lowest BCUT2D eigenvalue weighted by molar-refractivity contribution is 0.189. The van der Waals surface area contributed by atoms with Crippen LogP contribution >= 0.6 is 15.9 Å². The van der Waals surface area contributed by atoms with E-state index in [1.807, 2.05) is 10.6 Å². The average molecular weight is 302 g/mol. The first-order chi connectivity index (χ1) is 8.11. The number of pyridine rings is 1. The molecule has 1 aromatic rings. The lowest BCUT2D eigenvalue weighted by Gasteiger charge is -2.16. The van der Waals surface area contributed by atoms with Crippen molar-refractivity contribution in [3.63, 3.8) is 0 Å². The number of ether oxygens (including phenoxy) is 1. The van der Waals surface area contributed by atoms with Crippen molar-refractivity contribution in [1.29, 1.82) is 0 Å². The normalized spacial score (nSPS) is 11.1. The van der Waals surface area contributed by atoms with Crippen LogP contribution in [0.2, 0.25) is 0 Å². The van der Waals surface area contributed by atoms with Gasteiger partial charge in [-0.15, -0.1) is 0 Å². The number of halogens is 1. The van der Waals surface area contributed by atoms with Gasteiger partial charge in [-0.3, -0.25) is 4.79 Å². The summed E-state index contributed by atoms with van der Waals surface area (Å²) in [5.41, 5.74) is 2.02. The second-order valence-corrected chi connectivity index (χ2v) is 4.94. The minimum Gasteiger partial charge on any atom is -0.385 e. The van der Waals surface area contributed by atoms with E-state index in [1.54, 1.807) is 7.11 Å². The van der Waals surface area contributed by atoms with Gasteiger partial charge in [0.15, 0.2) is 0 Å². The molecule has 1 aromatic heterocycles. The summed E-state index contributed by atoms with van der Waals surface area (Å²) in [4.78, 5) is 12.2. The molecule has 4 heteroatoms. The van der Waals surface area contributed by atoms with Gasteiger partial charge in [-0.25, -0.2) is 0 Å². The Labute approximate surface area is 111 Å². The molecule has 0 spiro atoms. The van der Waals surface area contributed by atoms with Crippen molar-refractivity contribution in [3.05, 3.63) is 33.7 Å². The Bertz CT molecular complexity index is 412. The van der Waals surface area contributed by atoms with E-state index in [9.17, 15) is 4.79 Å². The van der Waals surface area contributed by atoms with Crippen LogP contribution < -0.4 is 5.56 Å². The molecule has 96 valence electrons. The van der Waals surface area contributed by atoms with E-state index >= 15 is 0 Å². The van der Waals surface area contributed by atoms with Crippen LogP contribution in [0.5, 0.6) is 0 Å².